The Morgan fingerprint density at radius 1 is 1.00 bits per heavy atom. The predicted octanol–water partition coefficient (Wildman–Crippen LogP) is 3.84. The van der Waals surface area contributed by atoms with Gasteiger partial charge in [-0.25, -0.2) is 8.42 Å². The largest absolute Gasteiger partial charge is 0.321 e. The average Bonchev–Trinajstić information content (AvgIpc) is 2.69. The van der Waals surface area contributed by atoms with Crippen molar-refractivity contribution in [3.05, 3.63) is 54.1 Å². The van der Waals surface area contributed by atoms with Gasteiger partial charge in [0.2, 0.25) is 10.0 Å². The van der Waals surface area contributed by atoms with E-state index in [9.17, 15) is 13.2 Å². The fourth-order valence-electron chi connectivity index (χ4n) is 2.97. The Morgan fingerprint density at radius 2 is 1.65 bits per heavy atom. The lowest BCUT2D eigenvalue weighted by atomic mass is 10.2. The lowest BCUT2D eigenvalue weighted by Crippen LogP contribution is -2.35. The molecule has 1 aliphatic heterocycles. The van der Waals surface area contributed by atoms with E-state index in [1.807, 2.05) is 30.5 Å². The third-order valence-corrected chi connectivity index (χ3v) is 7.13. The minimum atomic E-state index is -3.48. The van der Waals surface area contributed by atoms with Gasteiger partial charge in [-0.2, -0.15) is 4.31 Å². The quantitative estimate of drug-likeness (QED) is 0.788. The molecule has 0 spiro atoms. The smallest absolute Gasteiger partial charge is 0.255 e. The highest BCUT2D eigenvalue weighted by Crippen LogP contribution is 2.25. The zero-order valence-electron chi connectivity index (χ0n) is 14.6. The average molecular weight is 391 g/mol. The van der Waals surface area contributed by atoms with Crippen molar-refractivity contribution in [3.63, 3.8) is 0 Å². The van der Waals surface area contributed by atoms with E-state index >= 15 is 0 Å². The van der Waals surface area contributed by atoms with Crippen LogP contribution in [0.15, 0.2) is 58.3 Å². The van der Waals surface area contributed by atoms with Gasteiger partial charge in [0.1, 0.15) is 0 Å². The molecular formula is C19H22N2O3S2. The summed E-state index contributed by atoms with van der Waals surface area (Å²) in [5, 5.41) is 2.88. The van der Waals surface area contributed by atoms with E-state index in [4.69, 9.17) is 0 Å². The van der Waals surface area contributed by atoms with Crippen LogP contribution in [-0.2, 0) is 10.0 Å². The van der Waals surface area contributed by atoms with E-state index in [1.165, 1.54) is 16.4 Å². The molecule has 7 heteroatoms. The number of para-hydroxylation sites is 1. The van der Waals surface area contributed by atoms with Crippen LogP contribution in [0.5, 0.6) is 0 Å². The summed E-state index contributed by atoms with van der Waals surface area (Å²) in [6.45, 7) is 1.13. The number of nitrogens with one attached hydrogen (secondary N) is 1. The summed E-state index contributed by atoms with van der Waals surface area (Å²) < 4.78 is 26.9. The van der Waals surface area contributed by atoms with Crippen LogP contribution >= 0.6 is 11.8 Å². The van der Waals surface area contributed by atoms with Crippen LogP contribution in [0, 0.1) is 0 Å². The van der Waals surface area contributed by atoms with Crippen molar-refractivity contribution in [1.29, 1.82) is 0 Å². The highest BCUT2D eigenvalue weighted by molar-refractivity contribution is 7.98. The van der Waals surface area contributed by atoms with Gasteiger partial charge in [0.05, 0.1) is 10.6 Å². The second kappa shape index (κ2) is 8.24. The monoisotopic (exact) mass is 390 g/mol. The summed E-state index contributed by atoms with van der Waals surface area (Å²) >= 11 is 1.55. The normalized spacial score (nSPS) is 15.6. The van der Waals surface area contributed by atoms with Gasteiger partial charge in [0, 0.05) is 23.5 Å². The third kappa shape index (κ3) is 4.11. The van der Waals surface area contributed by atoms with Crippen molar-refractivity contribution in [2.45, 2.75) is 29.1 Å². The maximum atomic E-state index is 12.7. The third-order valence-electron chi connectivity index (χ3n) is 4.42. The topological polar surface area (TPSA) is 66.5 Å². The summed E-state index contributed by atoms with van der Waals surface area (Å²) in [7, 11) is -3.48. The van der Waals surface area contributed by atoms with Crippen molar-refractivity contribution in [3.8, 4) is 0 Å². The summed E-state index contributed by atoms with van der Waals surface area (Å²) in [5.74, 6) is -0.256. The van der Waals surface area contributed by atoms with Crippen LogP contribution in [0.3, 0.4) is 0 Å². The highest BCUT2D eigenvalue weighted by atomic mass is 32.2. The first kappa shape index (κ1) is 18.9. The summed E-state index contributed by atoms with van der Waals surface area (Å²) in [6.07, 6.45) is 4.82. The molecule has 1 heterocycles. The summed E-state index contributed by atoms with van der Waals surface area (Å²) in [5.41, 5.74) is 1.17. The molecule has 0 bridgehead atoms. The number of anilines is 1. The van der Waals surface area contributed by atoms with Crippen LogP contribution in [0.4, 0.5) is 5.69 Å². The number of carbonyl (C=O) groups is 1. The molecule has 1 amide bonds. The van der Waals surface area contributed by atoms with Crippen LogP contribution in [-0.4, -0.2) is 38.0 Å². The molecule has 0 radical (unpaired) electrons. The fourth-order valence-corrected chi connectivity index (χ4v) is 5.05. The van der Waals surface area contributed by atoms with Gasteiger partial charge in [0.15, 0.2) is 0 Å². The number of hydrogen-bond donors (Lipinski definition) is 1. The van der Waals surface area contributed by atoms with Crippen LogP contribution in [0.1, 0.15) is 29.6 Å². The Morgan fingerprint density at radius 3 is 2.31 bits per heavy atom. The first-order chi connectivity index (χ1) is 12.5. The van der Waals surface area contributed by atoms with Crippen molar-refractivity contribution in [2.75, 3.05) is 24.7 Å². The Balaban J connectivity index is 1.75. The Kier molecular flexibility index (Phi) is 6.01. The zero-order valence-corrected chi connectivity index (χ0v) is 16.3. The molecule has 0 aliphatic carbocycles. The van der Waals surface area contributed by atoms with Crippen molar-refractivity contribution in [1.82, 2.24) is 4.31 Å². The Hall–Kier alpha value is -1.83. The lowest BCUT2D eigenvalue weighted by molar-refractivity contribution is 0.102. The van der Waals surface area contributed by atoms with Gasteiger partial charge in [-0.05, 0) is 55.5 Å². The van der Waals surface area contributed by atoms with E-state index < -0.39 is 10.0 Å². The molecular weight excluding hydrogens is 368 g/mol. The standard InChI is InChI=1S/C19H22N2O3S2/c1-25-18-8-4-3-7-17(18)20-19(22)15-9-11-16(12-10-15)26(23,24)21-13-5-2-6-14-21/h3-4,7-12H,2,5-6,13-14H2,1H3,(H,20,22). The molecule has 0 unspecified atom stereocenters. The molecule has 3 rings (SSSR count). The molecule has 0 saturated carbocycles. The number of amides is 1. The van der Waals surface area contributed by atoms with Crippen molar-refractivity contribution >= 4 is 33.4 Å². The van der Waals surface area contributed by atoms with E-state index in [0.29, 0.717) is 18.7 Å². The highest BCUT2D eigenvalue weighted by Gasteiger charge is 2.25. The van der Waals surface area contributed by atoms with Gasteiger partial charge in [-0.1, -0.05) is 18.6 Å². The first-order valence-corrected chi connectivity index (χ1v) is 11.2. The molecule has 2 aromatic rings. The van der Waals surface area contributed by atoms with Gasteiger partial charge < -0.3 is 5.32 Å². The second-order valence-electron chi connectivity index (χ2n) is 6.14. The SMILES string of the molecule is CSc1ccccc1NC(=O)c1ccc(S(=O)(=O)N2CCCCC2)cc1. The van der Waals surface area contributed by atoms with Crippen molar-refractivity contribution < 1.29 is 13.2 Å². The molecule has 5 nitrogen and oxygen atoms in total. The maximum Gasteiger partial charge on any atom is 0.255 e. The Bertz CT molecular complexity index is 874. The van der Waals surface area contributed by atoms with Gasteiger partial charge in [0.25, 0.3) is 5.91 Å². The minimum absolute atomic E-state index is 0.237. The molecule has 1 saturated heterocycles. The molecule has 2 aromatic carbocycles. The first-order valence-electron chi connectivity index (χ1n) is 8.57. The van der Waals surface area contributed by atoms with Gasteiger partial charge in [-0.15, -0.1) is 11.8 Å². The summed E-state index contributed by atoms with van der Waals surface area (Å²) in [4.78, 5) is 13.7. The van der Waals surface area contributed by atoms with Crippen LogP contribution < -0.4 is 5.32 Å². The zero-order chi connectivity index (χ0) is 18.6. The molecule has 0 aromatic heterocycles. The van der Waals surface area contributed by atoms with Gasteiger partial charge in [-0.3, -0.25) is 4.79 Å². The lowest BCUT2D eigenvalue weighted by Gasteiger charge is -2.25. The molecule has 0 atom stereocenters. The fraction of sp³-hybridized carbons (Fsp3) is 0.316. The number of nitrogens with zero attached hydrogens (tertiary/aromatic N) is 1. The number of sulfonamides is 1. The molecule has 138 valence electrons. The van der Waals surface area contributed by atoms with E-state index in [2.05, 4.69) is 5.32 Å². The summed E-state index contributed by atoms with van der Waals surface area (Å²) in [6, 6.07) is 13.7. The number of benzene rings is 2. The molecule has 26 heavy (non-hydrogen) atoms. The van der Waals surface area contributed by atoms with E-state index in [1.54, 1.807) is 23.9 Å². The Labute approximate surface area is 158 Å². The number of hydrogen-bond acceptors (Lipinski definition) is 4. The number of carbonyl (C=O) groups excluding carboxylic acids is 1. The van der Waals surface area contributed by atoms with E-state index in [-0.39, 0.29) is 10.8 Å². The number of piperidine rings is 1. The number of thioether (sulfide) groups is 1. The van der Waals surface area contributed by atoms with E-state index in [0.717, 1.165) is 29.8 Å². The molecule has 1 aliphatic rings. The van der Waals surface area contributed by atoms with Crippen molar-refractivity contribution in [2.24, 2.45) is 0 Å². The predicted molar refractivity (Wildman–Crippen MR) is 105 cm³/mol. The number of rotatable bonds is 5. The van der Waals surface area contributed by atoms with Crippen LogP contribution in [0.25, 0.3) is 0 Å². The molecule has 1 N–H and O–H groups in total. The van der Waals surface area contributed by atoms with Gasteiger partial charge >= 0.3 is 0 Å². The second-order valence-corrected chi connectivity index (χ2v) is 8.93. The van der Waals surface area contributed by atoms with Crippen LogP contribution in [0.2, 0.25) is 0 Å². The maximum absolute atomic E-state index is 12.7. The molecule has 1 fully saturated rings. The minimum Gasteiger partial charge on any atom is -0.321 e.